The normalized spacial score (nSPS) is 11.2. The van der Waals surface area contributed by atoms with Crippen LogP contribution < -0.4 is 4.74 Å². The molecule has 0 aliphatic heterocycles. The molecule has 6 aromatic rings. The molecule has 0 aliphatic rings. The third-order valence-corrected chi connectivity index (χ3v) is 6.09. The van der Waals surface area contributed by atoms with Gasteiger partial charge in [0.2, 0.25) is 11.8 Å². The third kappa shape index (κ3) is 3.50. The van der Waals surface area contributed by atoms with Gasteiger partial charge < -0.3 is 9.15 Å². The molecule has 4 heteroatoms. The van der Waals surface area contributed by atoms with E-state index in [1.54, 1.807) is 0 Å². The minimum Gasteiger partial charge on any atom is -0.455 e. The fourth-order valence-corrected chi connectivity index (χ4v) is 4.41. The number of fused-ring (bicyclic) bond motifs is 3. The smallest absolute Gasteiger partial charge is 0.221 e. The van der Waals surface area contributed by atoms with Crippen LogP contribution in [0, 0.1) is 13.8 Å². The van der Waals surface area contributed by atoms with Gasteiger partial charge in [-0.15, -0.1) is 0 Å². The van der Waals surface area contributed by atoms with Crippen LogP contribution >= 0.6 is 0 Å². The molecule has 0 radical (unpaired) electrons. The molecule has 0 saturated heterocycles. The Hall–Kier alpha value is -4.44. The van der Waals surface area contributed by atoms with Crippen molar-refractivity contribution in [3.05, 3.63) is 108 Å². The Balaban J connectivity index is 1.40. The van der Waals surface area contributed by atoms with Gasteiger partial charge >= 0.3 is 0 Å². The number of benzene rings is 3. The Bertz CT molecular complexity index is 1670. The van der Waals surface area contributed by atoms with Crippen LogP contribution in [0.5, 0.6) is 11.8 Å². The summed E-state index contributed by atoms with van der Waals surface area (Å²) in [7, 11) is 0. The summed E-state index contributed by atoms with van der Waals surface area (Å²) < 4.78 is 12.4. The van der Waals surface area contributed by atoms with E-state index in [0.717, 1.165) is 50.0 Å². The summed E-state index contributed by atoms with van der Waals surface area (Å²) in [6.45, 7) is 4.15. The Kier molecular flexibility index (Phi) is 4.84. The Morgan fingerprint density at radius 3 is 2.12 bits per heavy atom. The lowest BCUT2D eigenvalue weighted by atomic mass is 10.0. The van der Waals surface area contributed by atoms with Crippen molar-refractivity contribution in [3.8, 4) is 34.3 Å². The van der Waals surface area contributed by atoms with Crippen LogP contribution in [0.25, 0.3) is 44.5 Å². The van der Waals surface area contributed by atoms with Gasteiger partial charge in [0.05, 0.1) is 11.4 Å². The second-order valence-corrected chi connectivity index (χ2v) is 8.37. The van der Waals surface area contributed by atoms with Crippen LogP contribution in [0.4, 0.5) is 0 Å². The first-order chi connectivity index (χ1) is 16.7. The summed E-state index contributed by atoms with van der Waals surface area (Å²) >= 11 is 0. The van der Waals surface area contributed by atoms with Gasteiger partial charge in [0.1, 0.15) is 11.2 Å². The number of rotatable bonds is 4. The first-order valence-electron chi connectivity index (χ1n) is 11.3. The van der Waals surface area contributed by atoms with Crippen molar-refractivity contribution >= 4 is 21.9 Å². The zero-order valence-corrected chi connectivity index (χ0v) is 18.9. The highest BCUT2D eigenvalue weighted by molar-refractivity contribution is 6.09. The van der Waals surface area contributed by atoms with Crippen LogP contribution in [0.15, 0.2) is 101 Å². The number of aryl methyl sites for hydroxylation is 2. The van der Waals surface area contributed by atoms with Crippen LogP contribution in [0.1, 0.15) is 11.1 Å². The minimum absolute atomic E-state index is 0.486. The average Bonchev–Trinajstić information content (AvgIpc) is 3.23. The van der Waals surface area contributed by atoms with E-state index in [9.17, 15) is 0 Å². The maximum Gasteiger partial charge on any atom is 0.221 e. The van der Waals surface area contributed by atoms with Crippen molar-refractivity contribution < 1.29 is 9.15 Å². The Labute approximate surface area is 197 Å². The SMILES string of the molecule is Cc1ccccc1-c1cccc(Oc2cccc(-c3c(C)ccc4c3oc3ccccc34)n2)n1. The largest absolute Gasteiger partial charge is 0.455 e. The molecule has 0 aliphatic carbocycles. The van der Waals surface area contributed by atoms with E-state index in [2.05, 4.69) is 44.2 Å². The van der Waals surface area contributed by atoms with Gasteiger partial charge in [-0.3, -0.25) is 0 Å². The fraction of sp³-hybridized carbons (Fsp3) is 0.0667. The lowest BCUT2D eigenvalue weighted by Gasteiger charge is -2.10. The topological polar surface area (TPSA) is 48.2 Å². The molecule has 0 atom stereocenters. The summed E-state index contributed by atoms with van der Waals surface area (Å²) in [6, 6.07) is 32.1. The molecular formula is C30H22N2O2. The van der Waals surface area contributed by atoms with Crippen molar-refractivity contribution in [2.45, 2.75) is 13.8 Å². The second kappa shape index (κ2) is 8.16. The van der Waals surface area contributed by atoms with Crippen molar-refractivity contribution in [2.75, 3.05) is 0 Å². The Morgan fingerprint density at radius 2 is 1.29 bits per heavy atom. The van der Waals surface area contributed by atoms with Gasteiger partial charge in [0, 0.05) is 34.0 Å². The number of ether oxygens (including phenoxy) is 1. The number of nitrogens with zero attached hydrogens (tertiary/aromatic N) is 2. The van der Waals surface area contributed by atoms with E-state index in [4.69, 9.17) is 19.1 Å². The van der Waals surface area contributed by atoms with E-state index in [0.29, 0.717) is 11.8 Å². The molecule has 4 nitrogen and oxygen atoms in total. The average molecular weight is 443 g/mol. The molecule has 0 amide bonds. The van der Waals surface area contributed by atoms with Gasteiger partial charge in [-0.1, -0.05) is 66.7 Å². The zero-order chi connectivity index (χ0) is 23.1. The predicted molar refractivity (Wildman–Crippen MR) is 136 cm³/mol. The maximum atomic E-state index is 6.26. The van der Waals surface area contributed by atoms with Gasteiger partial charge in [-0.2, -0.15) is 0 Å². The molecule has 0 bridgehead atoms. The van der Waals surface area contributed by atoms with Gasteiger partial charge in [-0.05, 0) is 43.2 Å². The number of pyridine rings is 2. The summed E-state index contributed by atoms with van der Waals surface area (Å²) in [5.41, 5.74) is 7.70. The second-order valence-electron chi connectivity index (χ2n) is 8.37. The summed E-state index contributed by atoms with van der Waals surface area (Å²) in [5, 5.41) is 2.18. The molecular weight excluding hydrogens is 420 g/mol. The Morgan fingerprint density at radius 1 is 0.588 bits per heavy atom. The number of aromatic nitrogens is 2. The molecule has 0 N–H and O–H groups in total. The zero-order valence-electron chi connectivity index (χ0n) is 18.9. The number of furan rings is 1. The quantitative estimate of drug-likeness (QED) is 0.277. The number of hydrogen-bond donors (Lipinski definition) is 0. The van der Waals surface area contributed by atoms with Gasteiger partial charge in [-0.25, -0.2) is 9.97 Å². The first-order valence-corrected chi connectivity index (χ1v) is 11.3. The standard InChI is InChI=1S/C30H22N2O2/c1-19-9-3-4-10-21(19)24-12-7-15-27(31-24)34-28-16-8-13-25(32-28)29-20(2)17-18-23-22-11-5-6-14-26(22)33-30(23)29/h3-18H,1-2H3. The maximum absolute atomic E-state index is 6.26. The van der Waals surface area contributed by atoms with Gasteiger partial charge in [0.25, 0.3) is 0 Å². The molecule has 6 rings (SSSR count). The van der Waals surface area contributed by atoms with Crippen LogP contribution in [-0.4, -0.2) is 9.97 Å². The lowest BCUT2D eigenvalue weighted by Crippen LogP contribution is -1.95. The molecule has 3 heterocycles. The van der Waals surface area contributed by atoms with Crippen molar-refractivity contribution in [1.82, 2.24) is 9.97 Å². The van der Waals surface area contributed by atoms with E-state index in [-0.39, 0.29) is 0 Å². The monoisotopic (exact) mass is 442 g/mol. The van der Waals surface area contributed by atoms with Crippen molar-refractivity contribution in [3.63, 3.8) is 0 Å². The van der Waals surface area contributed by atoms with E-state index >= 15 is 0 Å². The molecule has 164 valence electrons. The molecule has 3 aromatic heterocycles. The van der Waals surface area contributed by atoms with E-state index in [1.807, 2.05) is 66.7 Å². The highest BCUT2D eigenvalue weighted by atomic mass is 16.5. The molecule has 0 unspecified atom stereocenters. The van der Waals surface area contributed by atoms with Crippen LogP contribution in [0.3, 0.4) is 0 Å². The first kappa shape index (κ1) is 20.2. The van der Waals surface area contributed by atoms with Gasteiger partial charge in [0.15, 0.2) is 0 Å². The fourth-order valence-electron chi connectivity index (χ4n) is 4.41. The molecule has 0 saturated carbocycles. The van der Waals surface area contributed by atoms with E-state index in [1.165, 1.54) is 5.56 Å². The molecule has 0 fully saturated rings. The molecule has 34 heavy (non-hydrogen) atoms. The molecule has 0 spiro atoms. The molecule has 3 aromatic carbocycles. The summed E-state index contributed by atoms with van der Waals surface area (Å²) in [6.07, 6.45) is 0. The van der Waals surface area contributed by atoms with Crippen molar-refractivity contribution in [2.24, 2.45) is 0 Å². The van der Waals surface area contributed by atoms with Crippen LogP contribution in [0.2, 0.25) is 0 Å². The summed E-state index contributed by atoms with van der Waals surface area (Å²) in [4.78, 5) is 9.53. The number of hydrogen-bond acceptors (Lipinski definition) is 4. The number of para-hydroxylation sites is 1. The third-order valence-electron chi connectivity index (χ3n) is 6.09. The minimum atomic E-state index is 0.486. The van der Waals surface area contributed by atoms with Crippen LogP contribution in [-0.2, 0) is 0 Å². The van der Waals surface area contributed by atoms with E-state index < -0.39 is 0 Å². The summed E-state index contributed by atoms with van der Waals surface area (Å²) in [5.74, 6) is 0.989. The predicted octanol–water partition coefficient (Wildman–Crippen LogP) is 8.12. The van der Waals surface area contributed by atoms with Crippen molar-refractivity contribution in [1.29, 1.82) is 0 Å². The highest BCUT2D eigenvalue weighted by Gasteiger charge is 2.16. The highest BCUT2D eigenvalue weighted by Crippen LogP contribution is 2.37. The lowest BCUT2D eigenvalue weighted by molar-refractivity contribution is 0.446.